The second-order valence-electron chi connectivity index (χ2n) is 3.30. The molecule has 0 radical (unpaired) electrons. The van der Waals surface area contributed by atoms with E-state index in [0.29, 0.717) is 18.9 Å². The van der Waals surface area contributed by atoms with Gasteiger partial charge in [-0.15, -0.1) is 0 Å². The Morgan fingerprint density at radius 1 is 1.53 bits per heavy atom. The van der Waals surface area contributed by atoms with E-state index < -0.39 is 5.91 Å². The second-order valence-corrected chi connectivity index (χ2v) is 3.30. The molecule has 0 aromatic rings. The molecule has 0 saturated carbocycles. The summed E-state index contributed by atoms with van der Waals surface area (Å²) in [7, 11) is 1.61. The Hall–Kier alpha value is -1.63. The van der Waals surface area contributed by atoms with Gasteiger partial charge in [-0.2, -0.15) is 0 Å². The Kier molecular flexibility index (Phi) is 3.62. The fraction of sp³-hybridized carbons (Fsp3) is 0.625. The van der Waals surface area contributed by atoms with Crippen LogP contribution < -0.4 is 11.6 Å². The minimum Gasteiger partial charge on any atom is -0.370 e. The number of amidine groups is 1. The number of hydrazine groups is 1. The Morgan fingerprint density at radius 3 is 2.73 bits per heavy atom. The highest BCUT2D eigenvalue weighted by atomic mass is 16.2. The van der Waals surface area contributed by atoms with Crippen molar-refractivity contribution in [1.29, 1.82) is 0 Å². The monoisotopic (exact) mass is 213 g/mol. The van der Waals surface area contributed by atoms with E-state index in [4.69, 9.17) is 11.6 Å². The zero-order valence-electron chi connectivity index (χ0n) is 8.64. The molecule has 0 spiro atoms. The van der Waals surface area contributed by atoms with Crippen molar-refractivity contribution in [2.75, 3.05) is 26.7 Å². The predicted molar refractivity (Wildman–Crippen MR) is 54.6 cm³/mol. The van der Waals surface area contributed by atoms with E-state index in [1.165, 1.54) is 9.91 Å². The maximum Gasteiger partial charge on any atom is 0.244 e. The van der Waals surface area contributed by atoms with Gasteiger partial charge in [0.1, 0.15) is 12.4 Å². The molecule has 2 amide bonds. The highest BCUT2D eigenvalue weighted by Crippen LogP contribution is 2.03. The van der Waals surface area contributed by atoms with E-state index in [1.807, 2.05) is 0 Å². The van der Waals surface area contributed by atoms with Crippen LogP contribution in [-0.4, -0.2) is 54.2 Å². The number of amides is 2. The molecule has 1 heterocycles. The molecular weight excluding hydrogens is 198 g/mol. The number of aliphatic imine (C=N–C) groups is 1. The number of carbonyl (C=O) groups is 2. The SMILES string of the molecule is CN=C1CN(CCC(N)=O)C(=O)CN1N. The van der Waals surface area contributed by atoms with Crippen molar-refractivity contribution in [3.63, 3.8) is 0 Å². The molecule has 15 heavy (non-hydrogen) atoms. The third kappa shape index (κ3) is 2.91. The minimum absolute atomic E-state index is 0.0887. The Labute approximate surface area is 87.7 Å². The van der Waals surface area contributed by atoms with Crippen LogP contribution in [0.2, 0.25) is 0 Å². The summed E-state index contributed by atoms with van der Waals surface area (Å²) in [6, 6.07) is 0. The summed E-state index contributed by atoms with van der Waals surface area (Å²) in [5.41, 5.74) is 5.01. The van der Waals surface area contributed by atoms with Crippen LogP contribution in [0, 0.1) is 0 Å². The van der Waals surface area contributed by atoms with Crippen molar-refractivity contribution >= 4 is 17.6 Å². The molecule has 0 unspecified atom stereocenters. The maximum absolute atomic E-state index is 11.5. The number of primary amides is 1. The van der Waals surface area contributed by atoms with Crippen LogP contribution in [0.3, 0.4) is 0 Å². The van der Waals surface area contributed by atoms with E-state index in [9.17, 15) is 9.59 Å². The van der Waals surface area contributed by atoms with Crippen LogP contribution in [0.15, 0.2) is 4.99 Å². The Bertz CT molecular complexity index is 301. The van der Waals surface area contributed by atoms with Crippen LogP contribution in [0.4, 0.5) is 0 Å². The first-order valence-corrected chi connectivity index (χ1v) is 4.58. The van der Waals surface area contributed by atoms with E-state index in [2.05, 4.69) is 4.99 Å². The standard InChI is InChI=1S/C8H15N5O2/c1-11-7-4-12(3-2-6(9)14)8(15)5-13(7)10/h2-5,10H2,1H3,(H2,9,14). The molecule has 7 heteroatoms. The summed E-state index contributed by atoms with van der Waals surface area (Å²) in [5.74, 6) is 5.64. The lowest BCUT2D eigenvalue weighted by atomic mass is 10.3. The summed E-state index contributed by atoms with van der Waals surface area (Å²) < 4.78 is 0. The van der Waals surface area contributed by atoms with E-state index in [0.717, 1.165) is 0 Å². The molecule has 0 bridgehead atoms. The van der Waals surface area contributed by atoms with Gasteiger partial charge in [-0.1, -0.05) is 0 Å². The molecule has 7 nitrogen and oxygen atoms in total. The molecule has 1 saturated heterocycles. The topological polar surface area (TPSA) is 105 Å². The summed E-state index contributed by atoms with van der Waals surface area (Å²) >= 11 is 0. The summed E-state index contributed by atoms with van der Waals surface area (Å²) in [6.07, 6.45) is 0.160. The third-order valence-electron chi connectivity index (χ3n) is 2.21. The molecule has 0 atom stereocenters. The van der Waals surface area contributed by atoms with Gasteiger partial charge in [-0.3, -0.25) is 19.6 Å². The fourth-order valence-corrected chi connectivity index (χ4v) is 1.33. The van der Waals surface area contributed by atoms with Gasteiger partial charge in [0.05, 0.1) is 6.54 Å². The van der Waals surface area contributed by atoms with Crippen molar-refractivity contribution in [1.82, 2.24) is 9.91 Å². The van der Waals surface area contributed by atoms with Gasteiger partial charge < -0.3 is 10.6 Å². The predicted octanol–water partition coefficient (Wildman–Crippen LogP) is -2.09. The van der Waals surface area contributed by atoms with Crippen molar-refractivity contribution in [2.45, 2.75) is 6.42 Å². The van der Waals surface area contributed by atoms with Gasteiger partial charge >= 0.3 is 0 Å². The first-order valence-electron chi connectivity index (χ1n) is 4.58. The normalized spacial score (nSPS) is 19.9. The van der Waals surface area contributed by atoms with Crippen molar-refractivity contribution in [3.05, 3.63) is 0 Å². The maximum atomic E-state index is 11.5. The number of hydrogen-bond acceptors (Lipinski definition) is 4. The number of carbonyl (C=O) groups excluding carboxylic acids is 2. The third-order valence-corrected chi connectivity index (χ3v) is 2.21. The number of nitrogens with two attached hydrogens (primary N) is 2. The first-order chi connectivity index (χ1) is 7.04. The molecule has 4 N–H and O–H groups in total. The van der Waals surface area contributed by atoms with Gasteiger partial charge in [0.15, 0.2) is 0 Å². The summed E-state index contributed by atoms with van der Waals surface area (Å²) in [6.45, 7) is 0.742. The Balaban J connectivity index is 2.58. The lowest BCUT2D eigenvalue weighted by molar-refractivity contribution is -0.132. The fourth-order valence-electron chi connectivity index (χ4n) is 1.33. The van der Waals surface area contributed by atoms with Crippen LogP contribution in [0.25, 0.3) is 0 Å². The van der Waals surface area contributed by atoms with Crippen molar-refractivity contribution < 1.29 is 9.59 Å². The average molecular weight is 213 g/mol. The number of nitrogens with zero attached hydrogens (tertiary/aromatic N) is 3. The summed E-state index contributed by atoms with van der Waals surface area (Å²) in [4.78, 5) is 27.5. The number of piperazine rings is 1. The molecule has 1 aliphatic rings. The molecule has 1 fully saturated rings. The van der Waals surface area contributed by atoms with Crippen LogP contribution >= 0.6 is 0 Å². The molecule has 1 aliphatic heterocycles. The summed E-state index contributed by atoms with van der Waals surface area (Å²) in [5, 5.41) is 1.31. The van der Waals surface area contributed by atoms with E-state index >= 15 is 0 Å². The molecule has 0 aromatic carbocycles. The number of rotatable bonds is 3. The lowest BCUT2D eigenvalue weighted by Crippen LogP contribution is -2.56. The number of hydrogen-bond donors (Lipinski definition) is 2. The molecule has 0 aromatic heterocycles. The highest BCUT2D eigenvalue weighted by Gasteiger charge is 2.26. The first kappa shape index (κ1) is 11.4. The van der Waals surface area contributed by atoms with Gasteiger partial charge in [0.25, 0.3) is 0 Å². The van der Waals surface area contributed by atoms with Crippen molar-refractivity contribution in [2.24, 2.45) is 16.6 Å². The van der Waals surface area contributed by atoms with Gasteiger partial charge in [0, 0.05) is 20.0 Å². The van der Waals surface area contributed by atoms with E-state index in [1.54, 1.807) is 7.05 Å². The zero-order chi connectivity index (χ0) is 11.4. The van der Waals surface area contributed by atoms with Crippen LogP contribution in [0.5, 0.6) is 0 Å². The van der Waals surface area contributed by atoms with Crippen molar-refractivity contribution in [3.8, 4) is 0 Å². The second kappa shape index (κ2) is 4.74. The molecule has 1 rings (SSSR count). The minimum atomic E-state index is -0.423. The van der Waals surface area contributed by atoms with Gasteiger partial charge in [-0.25, -0.2) is 5.84 Å². The Morgan fingerprint density at radius 2 is 2.20 bits per heavy atom. The largest absolute Gasteiger partial charge is 0.370 e. The molecular formula is C8H15N5O2. The molecule has 0 aliphatic carbocycles. The van der Waals surface area contributed by atoms with Gasteiger partial charge in [0.2, 0.25) is 11.8 Å². The molecule has 84 valence electrons. The highest BCUT2D eigenvalue weighted by molar-refractivity contribution is 5.95. The van der Waals surface area contributed by atoms with Gasteiger partial charge in [-0.05, 0) is 0 Å². The van der Waals surface area contributed by atoms with Crippen LogP contribution in [0.1, 0.15) is 6.42 Å². The zero-order valence-corrected chi connectivity index (χ0v) is 8.64. The van der Waals surface area contributed by atoms with Crippen LogP contribution in [-0.2, 0) is 9.59 Å². The lowest BCUT2D eigenvalue weighted by Gasteiger charge is -2.33. The average Bonchev–Trinajstić information content (AvgIpc) is 2.16. The smallest absolute Gasteiger partial charge is 0.244 e. The van der Waals surface area contributed by atoms with E-state index in [-0.39, 0.29) is 18.9 Å². The quantitative estimate of drug-likeness (QED) is 0.524.